The average Bonchev–Trinajstić information content (AvgIpc) is 3.36. The van der Waals surface area contributed by atoms with Gasteiger partial charge in [-0.15, -0.1) is 0 Å². The molecular weight excluding hydrogens is 490 g/mol. The summed E-state index contributed by atoms with van der Waals surface area (Å²) in [4.78, 5) is -0.0785. The Kier molecular flexibility index (Phi) is 7.55. The van der Waals surface area contributed by atoms with Gasteiger partial charge >= 0.3 is 10.1 Å². The molecule has 8 heteroatoms. The number of nitrogens with zero attached hydrogens (tertiary/aromatic N) is 1. The summed E-state index contributed by atoms with van der Waals surface area (Å²) in [6.45, 7) is 8.19. The number of nitriles is 1. The number of rotatable bonds is 9. The number of benzene rings is 3. The molecule has 1 aliphatic heterocycles. The quantitative estimate of drug-likeness (QED) is 0.246. The van der Waals surface area contributed by atoms with Crippen LogP contribution in [0.2, 0.25) is 0 Å². The fourth-order valence-corrected chi connectivity index (χ4v) is 5.13. The van der Waals surface area contributed by atoms with Gasteiger partial charge in [0, 0.05) is 5.56 Å². The maximum absolute atomic E-state index is 13.1. The van der Waals surface area contributed by atoms with E-state index in [0.29, 0.717) is 22.4 Å². The van der Waals surface area contributed by atoms with E-state index >= 15 is 0 Å². The average molecular weight is 518 g/mol. The van der Waals surface area contributed by atoms with Crippen LogP contribution in [0.4, 0.5) is 0 Å². The molecule has 1 aliphatic rings. The lowest BCUT2D eigenvalue weighted by atomic mass is 9.94. The molecule has 0 N–H and O–H groups in total. The van der Waals surface area contributed by atoms with E-state index in [-0.39, 0.29) is 23.2 Å². The number of fused-ring (bicyclic) bond motifs is 1. The minimum Gasteiger partial charge on any atom is -0.493 e. The van der Waals surface area contributed by atoms with Crippen molar-refractivity contribution in [1.82, 2.24) is 0 Å². The Morgan fingerprint density at radius 2 is 1.84 bits per heavy atom. The van der Waals surface area contributed by atoms with Crippen molar-refractivity contribution in [3.63, 3.8) is 0 Å². The number of methoxy groups -OCH3 is 1. The molecule has 0 spiro atoms. The van der Waals surface area contributed by atoms with E-state index in [4.69, 9.17) is 23.7 Å². The highest BCUT2D eigenvalue weighted by Gasteiger charge is 2.23. The normalized spacial score (nSPS) is 12.6. The van der Waals surface area contributed by atoms with Gasteiger partial charge in [0.25, 0.3) is 0 Å². The van der Waals surface area contributed by atoms with Gasteiger partial charge in [0.1, 0.15) is 4.90 Å². The maximum atomic E-state index is 13.1. The van der Waals surface area contributed by atoms with Crippen LogP contribution < -0.4 is 18.4 Å². The van der Waals surface area contributed by atoms with Crippen molar-refractivity contribution in [3.8, 4) is 29.1 Å². The van der Waals surface area contributed by atoms with Crippen LogP contribution in [-0.4, -0.2) is 22.3 Å². The molecule has 0 saturated heterocycles. The Balaban J connectivity index is 1.78. The minimum atomic E-state index is -4.21. The number of hydrogen-bond acceptors (Lipinski definition) is 7. The molecule has 0 saturated carbocycles. The zero-order valence-corrected chi connectivity index (χ0v) is 21.7. The first-order valence-electron chi connectivity index (χ1n) is 11.7. The van der Waals surface area contributed by atoms with Gasteiger partial charge < -0.3 is 18.4 Å². The fourth-order valence-electron chi connectivity index (χ4n) is 4.17. The van der Waals surface area contributed by atoms with Crippen molar-refractivity contribution in [1.29, 1.82) is 5.26 Å². The number of allylic oxidation sites excluding steroid dienone is 1. The van der Waals surface area contributed by atoms with Gasteiger partial charge in [0.15, 0.2) is 23.0 Å². The molecule has 0 bridgehead atoms. The summed E-state index contributed by atoms with van der Waals surface area (Å²) in [5.41, 5.74) is 4.62. The van der Waals surface area contributed by atoms with Crippen LogP contribution in [0.25, 0.3) is 17.7 Å². The van der Waals surface area contributed by atoms with Gasteiger partial charge in [0.05, 0.1) is 18.7 Å². The van der Waals surface area contributed by atoms with Crippen LogP contribution in [0, 0.1) is 11.3 Å². The monoisotopic (exact) mass is 517 g/mol. The molecule has 190 valence electrons. The first kappa shape index (κ1) is 25.9. The van der Waals surface area contributed by atoms with E-state index in [1.54, 1.807) is 6.07 Å². The van der Waals surface area contributed by atoms with Crippen LogP contribution >= 0.6 is 0 Å². The van der Waals surface area contributed by atoms with Gasteiger partial charge in [-0.3, -0.25) is 0 Å². The van der Waals surface area contributed by atoms with Crippen molar-refractivity contribution in [2.24, 2.45) is 0 Å². The molecule has 37 heavy (non-hydrogen) atoms. The van der Waals surface area contributed by atoms with Gasteiger partial charge in [0.2, 0.25) is 6.79 Å². The summed E-state index contributed by atoms with van der Waals surface area (Å²) in [5.74, 6) is 1.71. The number of hydrogen-bond donors (Lipinski definition) is 0. The predicted molar refractivity (Wildman–Crippen MR) is 142 cm³/mol. The first-order valence-corrected chi connectivity index (χ1v) is 13.1. The van der Waals surface area contributed by atoms with Crippen LogP contribution in [0.1, 0.15) is 48.1 Å². The van der Waals surface area contributed by atoms with Crippen molar-refractivity contribution in [3.05, 3.63) is 82.9 Å². The Labute approximate surface area is 217 Å². The maximum Gasteiger partial charge on any atom is 0.339 e. The molecule has 0 atom stereocenters. The largest absolute Gasteiger partial charge is 0.493 e. The highest BCUT2D eigenvalue weighted by atomic mass is 32.2. The van der Waals surface area contributed by atoms with Gasteiger partial charge in [-0.1, -0.05) is 38.1 Å². The number of ether oxygens (including phenoxy) is 3. The molecule has 0 radical (unpaired) electrons. The Bertz CT molecular complexity index is 1520. The van der Waals surface area contributed by atoms with E-state index in [0.717, 1.165) is 35.3 Å². The van der Waals surface area contributed by atoms with Crippen molar-refractivity contribution in [2.75, 3.05) is 13.9 Å². The zero-order valence-electron chi connectivity index (χ0n) is 20.9. The van der Waals surface area contributed by atoms with E-state index < -0.39 is 10.1 Å². The zero-order chi connectivity index (χ0) is 26.6. The minimum absolute atomic E-state index is 0.0304. The third-order valence-corrected chi connectivity index (χ3v) is 7.23. The lowest BCUT2D eigenvalue weighted by molar-refractivity contribution is 0.174. The second-order valence-corrected chi connectivity index (χ2v) is 9.96. The van der Waals surface area contributed by atoms with E-state index in [1.165, 1.54) is 37.5 Å². The Hall–Kier alpha value is -4.22. The van der Waals surface area contributed by atoms with Gasteiger partial charge in [-0.25, -0.2) is 0 Å². The van der Waals surface area contributed by atoms with Crippen LogP contribution in [0.15, 0.2) is 60.0 Å². The lowest BCUT2D eigenvalue weighted by Crippen LogP contribution is -2.11. The number of aryl methyl sites for hydroxylation is 1. The molecule has 3 aromatic rings. The van der Waals surface area contributed by atoms with Crippen molar-refractivity contribution in [2.45, 2.75) is 31.6 Å². The van der Waals surface area contributed by atoms with Crippen molar-refractivity contribution < 1.29 is 26.8 Å². The Morgan fingerprint density at radius 1 is 1.14 bits per heavy atom. The second kappa shape index (κ2) is 10.8. The SMILES string of the molecule is C=Cc1c(/C=C(\C)c2cc3c(cc2CCC)OCO3)ccc(OC)c1OS(=O)(=O)c1ccc(C#N)cc1. The fraction of sp³-hybridized carbons (Fsp3) is 0.207. The van der Waals surface area contributed by atoms with E-state index in [9.17, 15) is 8.42 Å². The lowest BCUT2D eigenvalue weighted by Gasteiger charge is -2.16. The molecule has 0 unspecified atom stereocenters. The van der Waals surface area contributed by atoms with Crippen LogP contribution in [0.3, 0.4) is 0 Å². The first-order chi connectivity index (χ1) is 17.8. The highest BCUT2D eigenvalue weighted by Crippen LogP contribution is 2.40. The summed E-state index contributed by atoms with van der Waals surface area (Å²) >= 11 is 0. The Morgan fingerprint density at radius 3 is 2.46 bits per heavy atom. The highest BCUT2D eigenvalue weighted by molar-refractivity contribution is 7.87. The second-order valence-electron chi connectivity index (χ2n) is 8.42. The summed E-state index contributed by atoms with van der Waals surface area (Å²) in [6, 6.07) is 14.9. The molecule has 4 rings (SSSR count). The molecule has 0 fully saturated rings. The van der Waals surface area contributed by atoms with Gasteiger partial charge in [-0.2, -0.15) is 13.7 Å². The summed E-state index contributed by atoms with van der Waals surface area (Å²) in [7, 11) is -2.77. The molecule has 0 aromatic heterocycles. The molecule has 0 aliphatic carbocycles. The van der Waals surface area contributed by atoms with Crippen molar-refractivity contribution >= 4 is 27.8 Å². The summed E-state index contributed by atoms with van der Waals surface area (Å²) in [6.07, 6.45) is 5.32. The molecule has 3 aromatic carbocycles. The van der Waals surface area contributed by atoms with Gasteiger partial charge in [-0.05, 0) is 78.1 Å². The third kappa shape index (κ3) is 5.32. The molecule has 0 amide bonds. The topological polar surface area (TPSA) is 94.8 Å². The van der Waals surface area contributed by atoms with Crippen LogP contribution in [0.5, 0.6) is 23.0 Å². The van der Waals surface area contributed by atoms with Crippen LogP contribution in [-0.2, 0) is 16.5 Å². The predicted octanol–water partition coefficient (Wildman–Crippen LogP) is 6.22. The summed E-state index contributed by atoms with van der Waals surface area (Å²) in [5, 5.41) is 9.00. The molecule has 7 nitrogen and oxygen atoms in total. The van der Waals surface area contributed by atoms with E-state index in [2.05, 4.69) is 13.5 Å². The summed E-state index contributed by atoms with van der Waals surface area (Å²) < 4.78 is 48.3. The third-order valence-electron chi connectivity index (χ3n) is 6.00. The molecule has 1 heterocycles. The van der Waals surface area contributed by atoms with E-state index in [1.807, 2.05) is 37.3 Å². The molecular formula is C29H27NO6S. The standard InChI is InChI=1S/C29H27NO6S/c1-5-7-21-15-27-28(35-18-34-27)16-25(21)19(3)14-22-10-13-26(33-4)29(24(22)6-2)36-37(31,32)23-11-8-20(17-30)9-12-23/h6,8-16H,2,5,7,18H2,1,3-4H3/b19-14+. The smallest absolute Gasteiger partial charge is 0.339 e.